The topological polar surface area (TPSA) is 80.1 Å². The maximum absolute atomic E-state index is 13.5. The molecule has 0 atom stereocenters. The summed E-state index contributed by atoms with van der Waals surface area (Å²) in [4.78, 5) is 31.5. The van der Waals surface area contributed by atoms with Crippen LogP contribution in [0.4, 0.5) is 0 Å². The number of likely N-dealkylation sites (tertiary alicyclic amines) is 1. The Balaban J connectivity index is 1.56. The summed E-state index contributed by atoms with van der Waals surface area (Å²) in [6.45, 7) is 3.08. The predicted octanol–water partition coefficient (Wildman–Crippen LogP) is 2.46. The summed E-state index contributed by atoms with van der Waals surface area (Å²) in [5, 5.41) is 7.39. The number of carbonyl (C=O) groups is 2. The lowest BCUT2D eigenvalue weighted by Crippen LogP contribution is -2.52. The molecule has 7 heteroatoms. The Morgan fingerprint density at radius 1 is 1.03 bits per heavy atom. The molecular weight excluding hydrogens is 378 g/mol. The van der Waals surface area contributed by atoms with Crippen LogP contribution in [0.2, 0.25) is 0 Å². The molecule has 2 aromatic heterocycles. The van der Waals surface area contributed by atoms with E-state index in [0.717, 1.165) is 11.1 Å². The first kappa shape index (κ1) is 19.8. The lowest BCUT2D eigenvalue weighted by Gasteiger charge is -2.40. The molecule has 1 aromatic carbocycles. The first-order valence-electron chi connectivity index (χ1n) is 10.1. The Morgan fingerprint density at radius 2 is 1.80 bits per heavy atom. The van der Waals surface area contributed by atoms with Gasteiger partial charge in [0.25, 0.3) is 0 Å². The molecule has 0 aliphatic carbocycles. The average Bonchev–Trinajstić information content (AvgIpc) is 3.33. The van der Waals surface area contributed by atoms with Gasteiger partial charge in [0.05, 0.1) is 5.41 Å². The molecule has 3 heterocycles. The summed E-state index contributed by atoms with van der Waals surface area (Å²) in [5.41, 5.74) is 1.23. The standard InChI is InChI=1S/C23H25N5O2/c1-18(29)27-15-10-23(11-16-27,20-8-3-2-4-9-20)22(30)25-17-19-7-5-12-24-21(19)28-14-6-13-26-28/h2-9,12-14H,10-11,15-17H2,1H3,(H,25,30). The van der Waals surface area contributed by atoms with Crippen molar-refractivity contribution < 1.29 is 9.59 Å². The van der Waals surface area contributed by atoms with Crippen molar-refractivity contribution in [1.82, 2.24) is 25.0 Å². The van der Waals surface area contributed by atoms with Crippen LogP contribution in [0, 0.1) is 0 Å². The van der Waals surface area contributed by atoms with Gasteiger partial charge in [-0.25, -0.2) is 9.67 Å². The molecule has 0 bridgehead atoms. The summed E-state index contributed by atoms with van der Waals surface area (Å²) in [7, 11) is 0. The molecule has 0 saturated carbocycles. The fourth-order valence-electron chi connectivity index (χ4n) is 4.12. The third kappa shape index (κ3) is 3.83. The van der Waals surface area contributed by atoms with Gasteiger partial charge in [-0.2, -0.15) is 5.10 Å². The summed E-state index contributed by atoms with van der Waals surface area (Å²) >= 11 is 0. The number of hydrogen-bond acceptors (Lipinski definition) is 4. The fraction of sp³-hybridized carbons (Fsp3) is 0.304. The van der Waals surface area contributed by atoms with Crippen molar-refractivity contribution >= 4 is 11.8 Å². The number of carbonyl (C=O) groups excluding carboxylic acids is 2. The zero-order valence-electron chi connectivity index (χ0n) is 17.0. The molecule has 30 heavy (non-hydrogen) atoms. The zero-order valence-corrected chi connectivity index (χ0v) is 17.0. The number of nitrogens with one attached hydrogen (secondary N) is 1. The van der Waals surface area contributed by atoms with Gasteiger partial charge in [0.2, 0.25) is 11.8 Å². The van der Waals surface area contributed by atoms with Crippen molar-refractivity contribution in [3.05, 3.63) is 78.2 Å². The Morgan fingerprint density at radius 3 is 2.47 bits per heavy atom. The van der Waals surface area contributed by atoms with Gasteiger partial charge in [-0.3, -0.25) is 9.59 Å². The van der Waals surface area contributed by atoms with E-state index >= 15 is 0 Å². The fourth-order valence-corrected chi connectivity index (χ4v) is 4.12. The number of benzene rings is 1. The molecule has 2 amide bonds. The van der Waals surface area contributed by atoms with Crippen LogP contribution < -0.4 is 5.32 Å². The molecule has 154 valence electrons. The highest BCUT2D eigenvalue weighted by molar-refractivity contribution is 5.89. The summed E-state index contributed by atoms with van der Waals surface area (Å²) in [6.07, 6.45) is 6.44. The smallest absolute Gasteiger partial charge is 0.231 e. The lowest BCUT2D eigenvalue weighted by molar-refractivity contribution is -0.135. The minimum Gasteiger partial charge on any atom is -0.351 e. The van der Waals surface area contributed by atoms with Crippen LogP contribution in [-0.2, 0) is 21.5 Å². The quantitative estimate of drug-likeness (QED) is 0.710. The molecular formula is C23H25N5O2. The van der Waals surface area contributed by atoms with Crippen molar-refractivity contribution in [2.45, 2.75) is 31.7 Å². The van der Waals surface area contributed by atoms with Crippen LogP contribution in [0.5, 0.6) is 0 Å². The predicted molar refractivity (Wildman–Crippen MR) is 113 cm³/mol. The van der Waals surface area contributed by atoms with E-state index in [9.17, 15) is 9.59 Å². The number of piperidine rings is 1. The molecule has 1 N–H and O–H groups in total. The molecule has 4 rings (SSSR count). The van der Waals surface area contributed by atoms with Gasteiger partial charge in [0.1, 0.15) is 0 Å². The molecule has 1 saturated heterocycles. The van der Waals surface area contributed by atoms with Crippen molar-refractivity contribution in [2.75, 3.05) is 13.1 Å². The van der Waals surface area contributed by atoms with Crippen LogP contribution >= 0.6 is 0 Å². The number of aromatic nitrogens is 3. The van der Waals surface area contributed by atoms with E-state index in [1.54, 1.807) is 24.0 Å². The largest absolute Gasteiger partial charge is 0.351 e. The van der Waals surface area contributed by atoms with E-state index in [-0.39, 0.29) is 11.8 Å². The second kappa shape index (κ2) is 8.49. The van der Waals surface area contributed by atoms with Gasteiger partial charge in [0, 0.05) is 50.7 Å². The Bertz CT molecular complexity index is 1010. The third-order valence-electron chi connectivity index (χ3n) is 5.85. The summed E-state index contributed by atoms with van der Waals surface area (Å²) in [5.74, 6) is 0.728. The van der Waals surface area contributed by atoms with Gasteiger partial charge in [0.15, 0.2) is 5.82 Å². The van der Waals surface area contributed by atoms with Crippen LogP contribution in [0.15, 0.2) is 67.1 Å². The zero-order chi connectivity index (χ0) is 21.0. The van der Waals surface area contributed by atoms with E-state index in [4.69, 9.17) is 0 Å². The summed E-state index contributed by atoms with van der Waals surface area (Å²) < 4.78 is 1.69. The highest BCUT2D eigenvalue weighted by Crippen LogP contribution is 2.36. The SMILES string of the molecule is CC(=O)N1CCC(C(=O)NCc2cccnc2-n2cccn2)(c2ccccc2)CC1. The van der Waals surface area contributed by atoms with Gasteiger partial charge in [-0.1, -0.05) is 36.4 Å². The van der Waals surface area contributed by atoms with Gasteiger partial charge in [-0.15, -0.1) is 0 Å². The Kier molecular flexibility index (Phi) is 5.61. The molecule has 3 aromatic rings. The molecule has 0 unspecified atom stereocenters. The van der Waals surface area contributed by atoms with Gasteiger partial charge >= 0.3 is 0 Å². The van der Waals surface area contributed by atoms with Crippen LogP contribution in [0.1, 0.15) is 30.9 Å². The van der Waals surface area contributed by atoms with E-state index in [1.807, 2.05) is 59.6 Å². The molecule has 0 radical (unpaired) electrons. The molecule has 1 aliphatic heterocycles. The number of rotatable bonds is 5. The van der Waals surface area contributed by atoms with Crippen molar-refractivity contribution in [3.8, 4) is 5.82 Å². The minimum atomic E-state index is -0.652. The third-order valence-corrected chi connectivity index (χ3v) is 5.85. The first-order chi connectivity index (χ1) is 14.6. The molecule has 7 nitrogen and oxygen atoms in total. The monoisotopic (exact) mass is 403 g/mol. The van der Waals surface area contributed by atoms with Crippen LogP contribution in [-0.4, -0.2) is 44.6 Å². The lowest BCUT2D eigenvalue weighted by atomic mass is 9.72. The molecule has 1 fully saturated rings. The maximum atomic E-state index is 13.5. The number of amides is 2. The second-order valence-electron chi connectivity index (χ2n) is 7.57. The number of hydrogen-bond donors (Lipinski definition) is 1. The summed E-state index contributed by atoms with van der Waals surface area (Å²) in [6, 6.07) is 15.5. The van der Waals surface area contributed by atoms with E-state index < -0.39 is 5.41 Å². The van der Waals surface area contributed by atoms with Gasteiger partial charge < -0.3 is 10.2 Å². The number of nitrogens with zero attached hydrogens (tertiary/aromatic N) is 4. The highest BCUT2D eigenvalue weighted by Gasteiger charge is 2.43. The maximum Gasteiger partial charge on any atom is 0.231 e. The van der Waals surface area contributed by atoms with Crippen molar-refractivity contribution in [1.29, 1.82) is 0 Å². The number of pyridine rings is 1. The van der Waals surface area contributed by atoms with Crippen molar-refractivity contribution in [2.24, 2.45) is 0 Å². The van der Waals surface area contributed by atoms with Crippen LogP contribution in [0.3, 0.4) is 0 Å². The Labute approximate surface area is 175 Å². The van der Waals surface area contributed by atoms with Crippen molar-refractivity contribution in [3.63, 3.8) is 0 Å². The minimum absolute atomic E-state index is 0.0211. The second-order valence-corrected chi connectivity index (χ2v) is 7.57. The highest BCUT2D eigenvalue weighted by atomic mass is 16.2. The first-order valence-corrected chi connectivity index (χ1v) is 10.1. The van der Waals surface area contributed by atoms with Gasteiger partial charge in [-0.05, 0) is 30.5 Å². The van der Waals surface area contributed by atoms with E-state index in [1.165, 1.54) is 0 Å². The molecule has 1 aliphatic rings. The normalized spacial score (nSPS) is 15.6. The van der Waals surface area contributed by atoms with Crippen LogP contribution in [0.25, 0.3) is 5.82 Å². The average molecular weight is 403 g/mol. The molecule has 0 spiro atoms. The Hall–Kier alpha value is -3.48. The van der Waals surface area contributed by atoms with E-state index in [0.29, 0.717) is 38.3 Å². The van der Waals surface area contributed by atoms with E-state index in [2.05, 4.69) is 15.4 Å².